The van der Waals surface area contributed by atoms with E-state index in [9.17, 15) is 0 Å². The van der Waals surface area contributed by atoms with Gasteiger partial charge in [0.2, 0.25) is 0 Å². The Kier molecular flexibility index (Phi) is 4.37. The average molecular weight is 391 g/mol. The van der Waals surface area contributed by atoms with Gasteiger partial charge in [-0.3, -0.25) is 0 Å². The summed E-state index contributed by atoms with van der Waals surface area (Å²) in [5.41, 5.74) is 2.01. The molecule has 1 aliphatic rings. The molecule has 5 rings (SSSR count). The van der Waals surface area contributed by atoms with Crippen molar-refractivity contribution in [1.29, 1.82) is 0 Å². The number of furan rings is 1. The SMILES string of the molecule is Clc1ccccc1N1CCN(c2nc(-c3ccco3)nc3ccccc23)CC1. The molecule has 2 aromatic heterocycles. The smallest absolute Gasteiger partial charge is 0.198 e. The molecule has 140 valence electrons. The molecule has 0 radical (unpaired) electrons. The van der Waals surface area contributed by atoms with Crippen LogP contribution in [-0.2, 0) is 0 Å². The number of nitrogens with zero attached hydrogens (tertiary/aromatic N) is 4. The lowest BCUT2D eigenvalue weighted by Gasteiger charge is -2.37. The van der Waals surface area contributed by atoms with E-state index in [2.05, 4.69) is 26.9 Å². The maximum absolute atomic E-state index is 6.38. The number of hydrogen-bond donors (Lipinski definition) is 0. The fourth-order valence-corrected chi connectivity index (χ4v) is 3.94. The molecule has 1 saturated heterocycles. The Morgan fingerprint density at radius 3 is 2.32 bits per heavy atom. The number of aromatic nitrogens is 2. The summed E-state index contributed by atoms with van der Waals surface area (Å²) >= 11 is 6.38. The second kappa shape index (κ2) is 7.17. The number of rotatable bonds is 3. The van der Waals surface area contributed by atoms with Crippen molar-refractivity contribution in [1.82, 2.24) is 9.97 Å². The zero-order valence-electron chi connectivity index (χ0n) is 15.3. The molecule has 4 aromatic rings. The summed E-state index contributed by atoms with van der Waals surface area (Å²) < 4.78 is 5.53. The molecule has 5 nitrogen and oxygen atoms in total. The molecule has 0 spiro atoms. The normalized spacial score (nSPS) is 14.6. The van der Waals surface area contributed by atoms with Crippen LogP contribution in [0.25, 0.3) is 22.5 Å². The minimum Gasteiger partial charge on any atom is -0.461 e. The van der Waals surface area contributed by atoms with Crippen LogP contribution in [0, 0.1) is 0 Å². The Labute approximate surface area is 168 Å². The van der Waals surface area contributed by atoms with Crippen LogP contribution in [0.5, 0.6) is 0 Å². The van der Waals surface area contributed by atoms with Gasteiger partial charge in [-0.1, -0.05) is 35.9 Å². The van der Waals surface area contributed by atoms with E-state index in [0.29, 0.717) is 11.6 Å². The van der Waals surface area contributed by atoms with Crippen LogP contribution in [-0.4, -0.2) is 36.1 Å². The Hall–Kier alpha value is -3.05. The summed E-state index contributed by atoms with van der Waals surface area (Å²) in [5.74, 6) is 2.25. The van der Waals surface area contributed by atoms with Gasteiger partial charge in [-0.25, -0.2) is 9.97 Å². The Bertz CT molecular complexity index is 1100. The van der Waals surface area contributed by atoms with E-state index >= 15 is 0 Å². The highest BCUT2D eigenvalue weighted by Gasteiger charge is 2.22. The van der Waals surface area contributed by atoms with E-state index in [0.717, 1.165) is 53.6 Å². The van der Waals surface area contributed by atoms with Crippen molar-refractivity contribution in [3.63, 3.8) is 0 Å². The molecular weight excluding hydrogens is 372 g/mol. The highest BCUT2D eigenvalue weighted by atomic mass is 35.5. The molecule has 2 aromatic carbocycles. The quantitative estimate of drug-likeness (QED) is 0.499. The lowest BCUT2D eigenvalue weighted by atomic mass is 10.2. The first-order valence-electron chi connectivity index (χ1n) is 9.35. The molecular formula is C22H19ClN4O. The van der Waals surface area contributed by atoms with Crippen molar-refractivity contribution in [2.24, 2.45) is 0 Å². The zero-order valence-corrected chi connectivity index (χ0v) is 16.0. The lowest BCUT2D eigenvalue weighted by Crippen LogP contribution is -2.47. The first-order valence-corrected chi connectivity index (χ1v) is 9.72. The minimum atomic E-state index is 0.618. The summed E-state index contributed by atoms with van der Waals surface area (Å²) in [4.78, 5) is 14.2. The monoisotopic (exact) mass is 390 g/mol. The highest BCUT2D eigenvalue weighted by Crippen LogP contribution is 2.30. The average Bonchev–Trinajstić information content (AvgIpc) is 3.29. The Morgan fingerprint density at radius 2 is 1.54 bits per heavy atom. The maximum Gasteiger partial charge on any atom is 0.198 e. The molecule has 0 amide bonds. The Balaban J connectivity index is 1.47. The van der Waals surface area contributed by atoms with Gasteiger partial charge in [0.05, 0.1) is 22.5 Å². The first kappa shape index (κ1) is 17.1. The van der Waals surface area contributed by atoms with Gasteiger partial charge in [-0.15, -0.1) is 0 Å². The number of halogens is 1. The summed E-state index contributed by atoms with van der Waals surface area (Å²) in [5, 5.41) is 1.85. The van der Waals surface area contributed by atoms with Gasteiger partial charge in [-0.2, -0.15) is 0 Å². The molecule has 0 unspecified atom stereocenters. The largest absolute Gasteiger partial charge is 0.461 e. The summed E-state index contributed by atoms with van der Waals surface area (Å²) in [6.07, 6.45) is 1.65. The summed E-state index contributed by atoms with van der Waals surface area (Å²) in [6, 6.07) is 19.9. The van der Waals surface area contributed by atoms with E-state index < -0.39 is 0 Å². The van der Waals surface area contributed by atoms with Crippen LogP contribution in [0.4, 0.5) is 11.5 Å². The highest BCUT2D eigenvalue weighted by molar-refractivity contribution is 6.33. The second-order valence-corrected chi connectivity index (χ2v) is 7.20. The summed E-state index contributed by atoms with van der Waals surface area (Å²) in [6.45, 7) is 3.50. The fraction of sp³-hybridized carbons (Fsp3) is 0.182. The van der Waals surface area contributed by atoms with E-state index in [1.165, 1.54) is 0 Å². The maximum atomic E-state index is 6.38. The van der Waals surface area contributed by atoms with Crippen molar-refractivity contribution in [3.05, 3.63) is 71.9 Å². The molecule has 3 heterocycles. The molecule has 0 bridgehead atoms. The molecule has 0 atom stereocenters. The number of para-hydroxylation sites is 2. The third kappa shape index (κ3) is 3.08. The van der Waals surface area contributed by atoms with Crippen LogP contribution in [0.1, 0.15) is 0 Å². The van der Waals surface area contributed by atoms with Gasteiger partial charge >= 0.3 is 0 Å². The number of hydrogen-bond acceptors (Lipinski definition) is 5. The van der Waals surface area contributed by atoms with Gasteiger partial charge in [0.25, 0.3) is 0 Å². The fourth-order valence-electron chi connectivity index (χ4n) is 3.68. The van der Waals surface area contributed by atoms with Gasteiger partial charge in [0.15, 0.2) is 11.6 Å². The van der Waals surface area contributed by atoms with E-state index in [-0.39, 0.29) is 0 Å². The topological polar surface area (TPSA) is 45.4 Å². The van der Waals surface area contributed by atoms with Crippen molar-refractivity contribution >= 4 is 34.0 Å². The van der Waals surface area contributed by atoms with Gasteiger partial charge in [-0.05, 0) is 36.4 Å². The second-order valence-electron chi connectivity index (χ2n) is 6.79. The molecule has 0 aliphatic carbocycles. The first-order chi connectivity index (χ1) is 13.8. The summed E-state index contributed by atoms with van der Waals surface area (Å²) in [7, 11) is 0. The molecule has 1 aliphatic heterocycles. The minimum absolute atomic E-state index is 0.618. The Morgan fingerprint density at radius 1 is 0.786 bits per heavy atom. The van der Waals surface area contributed by atoms with Crippen LogP contribution in [0.2, 0.25) is 5.02 Å². The predicted molar refractivity (Wildman–Crippen MR) is 113 cm³/mol. The number of fused-ring (bicyclic) bond motifs is 1. The standard InChI is InChI=1S/C22H19ClN4O/c23-17-7-2-4-9-19(17)26-11-13-27(14-12-26)22-16-6-1-3-8-18(16)24-21(25-22)20-10-5-15-28-20/h1-10,15H,11-14H2. The van der Waals surface area contributed by atoms with Crippen molar-refractivity contribution in [2.75, 3.05) is 36.0 Å². The van der Waals surface area contributed by atoms with Crippen LogP contribution < -0.4 is 9.80 Å². The third-order valence-corrected chi connectivity index (χ3v) is 5.42. The van der Waals surface area contributed by atoms with Crippen molar-refractivity contribution in [3.8, 4) is 11.6 Å². The molecule has 1 fully saturated rings. The molecule has 6 heteroatoms. The van der Waals surface area contributed by atoms with E-state index in [1.807, 2.05) is 48.5 Å². The van der Waals surface area contributed by atoms with Crippen LogP contribution in [0.3, 0.4) is 0 Å². The third-order valence-electron chi connectivity index (χ3n) is 5.10. The lowest BCUT2D eigenvalue weighted by molar-refractivity contribution is 0.577. The zero-order chi connectivity index (χ0) is 18.9. The van der Waals surface area contributed by atoms with Crippen molar-refractivity contribution < 1.29 is 4.42 Å². The molecule has 0 N–H and O–H groups in total. The van der Waals surface area contributed by atoms with Gasteiger partial charge in [0, 0.05) is 31.6 Å². The van der Waals surface area contributed by atoms with Crippen LogP contribution in [0.15, 0.2) is 71.3 Å². The predicted octanol–water partition coefficient (Wildman–Crippen LogP) is 4.87. The van der Waals surface area contributed by atoms with Crippen molar-refractivity contribution in [2.45, 2.75) is 0 Å². The van der Waals surface area contributed by atoms with Gasteiger partial charge in [0.1, 0.15) is 5.82 Å². The van der Waals surface area contributed by atoms with Gasteiger partial charge < -0.3 is 14.2 Å². The molecule has 28 heavy (non-hydrogen) atoms. The van der Waals surface area contributed by atoms with E-state index in [1.54, 1.807) is 6.26 Å². The number of benzene rings is 2. The van der Waals surface area contributed by atoms with E-state index in [4.69, 9.17) is 21.0 Å². The molecule has 0 saturated carbocycles. The number of piperazine rings is 1. The van der Waals surface area contributed by atoms with Crippen LogP contribution >= 0.6 is 11.6 Å². The number of anilines is 2.